The molecule has 0 fully saturated rings. The van der Waals surface area contributed by atoms with Crippen LogP contribution in [0.3, 0.4) is 0 Å². The molecule has 6 nitrogen and oxygen atoms in total. The molecule has 356 valence electrons. The van der Waals surface area contributed by atoms with Gasteiger partial charge < -0.3 is 14.2 Å². The third kappa shape index (κ3) is 41.7. The van der Waals surface area contributed by atoms with Gasteiger partial charge in [0.25, 0.3) is 0 Å². The molecule has 60 heavy (non-hydrogen) atoms. The SMILES string of the molecule is CCCCCCC(CCCC)COC(=O)CCCCCCCCC(CCCCCCCCC(=O)OCC(CCCC)CCCCCC)CCCCCCC(=O)OCCCC. The van der Waals surface area contributed by atoms with Gasteiger partial charge in [0.05, 0.1) is 19.8 Å². The first-order valence-electron chi connectivity index (χ1n) is 26.9. The van der Waals surface area contributed by atoms with Gasteiger partial charge >= 0.3 is 17.9 Å². The van der Waals surface area contributed by atoms with Crippen LogP contribution in [-0.4, -0.2) is 37.7 Å². The van der Waals surface area contributed by atoms with Crippen LogP contribution in [0, 0.1) is 17.8 Å². The number of carbonyl (C=O) groups is 3. The zero-order valence-electron chi connectivity index (χ0n) is 41.1. The van der Waals surface area contributed by atoms with Crippen LogP contribution in [-0.2, 0) is 28.6 Å². The van der Waals surface area contributed by atoms with Crippen LogP contribution >= 0.6 is 0 Å². The van der Waals surface area contributed by atoms with Crippen molar-refractivity contribution in [2.45, 2.75) is 291 Å². The highest BCUT2D eigenvalue weighted by molar-refractivity contribution is 5.69. The van der Waals surface area contributed by atoms with Gasteiger partial charge in [0, 0.05) is 19.3 Å². The van der Waals surface area contributed by atoms with E-state index in [0.29, 0.717) is 50.9 Å². The van der Waals surface area contributed by atoms with E-state index in [1.807, 2.05) is 0 Å². The molecule has 0 amide bonds. The van der Waals surface area contributed by atoms with Crippen LogP contribution in [0.4, 0.5) is 0 Å². The first kappa shape index (κ1) is 58.4. The minimum Gasteiger partial charge on any atom is -0.466 e. The minimum atomic E-state index is -0.0277. The second-order valence-electron chi connectivity index (χ2n) is 18.8. The average molecular weight is 849 g/mol. The number of rotatable bonds is 48. The van der Waals surface area contributed by atoms with E-state index in [9.17, 15) is 14.4 Å². The van der Waals surface area contributed by atoms with Crippen molar-refractivity contribution in [1.29, 1.82) is 0 Å². The van der Waals surface area contributed by atoms with E-state index in [0.717, 1.165) is 57.3 Å². The molecule has 0 saturated heterocycles. The Kier molecular flexibility index (Phi) is 45.7. The number of ether oxygens (including phenoxy) is 3. The summed E-state index contributed by atoms with van der Waals surface area (Å²) in [6.45, 7) is 12.9. The Hall–Kier alpha value is -1.59. The monoisotopic (exact) mass is 849 g/mol. The Labute approximate surface area is 374 Å². The van der Waals surface area contributed by atoms with Crippen molar-refractivity contribution >= 4 is 17.9 Å². The summed E-state index contributed by atoms with van der Waals surface area (Å²) in [5.41, 5.74) is 0. The summed E-state index contributed by atoms with van der Waals surface area (Å²) in [4.78, 5) is 36.9. The van der Waals surface area contributed by atoms with E-state index >= 15 is 0 Å². The van der Waals surface area contributed by atoms with Crippen molar-refractivity contribution in [3.8, 4) is 0 Å². The highest BCUT2D eigenvalue weighted by atomic mass is 16.5. The number of esters is 3. The quantitative estimate of drug-likeness (QED) is 0.0345. The first-order chi connectivity index (χ1) is 29.4. The highest BCUT2D eigenvalue weighted by Gasteiger charge is 2.14. The third-order valence-electron chi connectivity index (χ3n) is 12.8. The predicted octanol–water partition coefficient (Wildman–Crippen LogP) is 17.2. The van der Waals surface area contributed by atoms with Crippen molar-refractivity contribution in [2.24, 2.45) is 17.8 Å². The molecule has 6 heteroatoms. The van der Waals surface area contributed by atoms with Crippen molar-refractivity contribution < 1.29 is 28.6 Å². The molecule has 0 saturated carbocycles. The van der Waals surface area contributed by atoms with E-state index in [-0.39, 0.29) is 17.9 Å². The maximum Gasteiger partial charge on any atom is 0.305 e. The van der Waals surface area contributed by atoms with Crippen molar-refractivity contribution in [3.05, 3.63) is 0 Å². The number of carbonyl (C=O) groups excluding carboxylic acids is 3. The fourth-order valence-corrected chi connectivity index (χ4v) is 8.60. The molecule has 0 bridgehead atoms. The predicted molar refractivity (Wildman–Crippen MR) is 256 cm³/mol. The minimum absolute atomic E-state index is 0.00868. The standard InChI is InChI=1S/C54H104O6/c1-6-11-16-28-41-50(36-13-8-3)47-59-53(56)44-33-24-20-18-22-30-38-49(40-32-26-27-35-43-52(55)58-46-15-10-5)39-31-23-19-21-25-34-45-54(57)60-48-51(37-14-9-4)42-29-17-12-7-2/h49-51H,6-48H2,1-5H3. The Balaban J connectivity index is 4.40. The van der Waals surface area contributed by atoms with Gasteiger partial charge in [-0.3, -0.25) is 14.4 Å². The summed E-state index contributed by atoms with van der Waals surface area (Å²) in [6, 6.07) is 0. The normalized spacial score (nSPS) is 12.9. The van der Waals surface area contributed by atoms with E-state index in [4.69, 9.17) is 14.2 Å². The Morgan fingerprint density at radius 3 is 0.900 bits per heavy atom. The fourth-order valence-electron chi connectivity index (χ4n) is 8.60. The number of unbranched alkanes of at least 4 members (excludes halogenated alkanes) is 22. The molecule has 0 radical (unpaired) electrons. The number of hydrogen-bond donors (Lipinski definition) is 0. The van der Waals surface area contributed by atoms with E-state index < -0.39 is 0 Å². The Morgan fingerprint density at radius 1 is 0.283 bits per heavy atom. The van der Waals surface area contributed by atoms with Crippen LogP contribution in [0.25, 0.3) is 0 Å². The van der Waals surface area contributed by atoms with Crippen LogP contribution in [0.5, 0.6) is 0 Å². The molecule has 0 N–H and O–H groups in total. The summed E-state index contributed by atoms with van der Waals surface area (Å²) >= 11 is 0. The number of hydrogen-bond acceptors (Lipinski definition) is 6. The van der Waals surface area contributed by atoms with E-state index in [1.165, 1.54) is 186 Å². The Bertz CT molecular complexity index is 864. The molecule has 2 unspecified atom stereocenters. The summed E-state index contributed by atoms with van der Waals surface area (Å²) in [6.07, 6.45) is 46.5. The molecule has 2 atom stereocenters. The molecule has 0 heterocycles. The molecule has 0 spiro atoms. The van der Waals surface area contributed by atoms with Gasteiger partial charge in [-0.25, -0.2) is 0 Å². The maximum atomic E-state index is 12.5. The molecule has 0 aromatic carbocycles. The molecule has 0 aromatic rings. The highest BCUT2D eigenvalue weighted by Crippen LogP contribution is 2.25. The molecule has 0 aromatic heterocycles. The molecule has 0 aliphatic heterocycles. The maximum absolute atomic E-state index is 12.5. The lowest BCUT2D eigenvalue weighted by molar-refractivity contribution is -0.146. The lowest BCUT2D eigenvalue weighted by Gasteiger charge is -2.17. The van der Waals surface area contributed by atoms with Gasteiger partial charge in [0.15, 0.2) is 0 Å². The molecule has 0 rings (SSSR count). The molecular formula is C54H104O6. The fraction of sp³-hybridized carbons (Fsp3) is 0.944. The van der Waals surface area contributed by atoms with Gasteiger partial charge in [-0.2, -0.15) is 0 Å². The van der Waals surface area contributed by atoms with Gasteiger partial charge in [-0.15, -0.1) is 0 Å². The molecular weight excluding hydrogens is 745 g/mol. The zero-order chi connectivity index (χ0) is 44.0. The third-order valence-corrected chi connectivity index (χ3v) is 12.8. The summed E-state index contributed by atoms with van der Waals surface area (Å²) in [5.74, 6) is 1.87. The average Bonchev–Trinajstić information content (AvgIpc) is 3.25. The zero-order valence-corrected chi connectivity index (χ0v) is 41.1. The van der Waals surface area contributed by atoms with Crippen molar-refractivity contribution in [2.75, 3.05) is 19.8 Å². The lowest BCUT2D eigenvalue weighted by Crippen LogP contribution is -2.14. The summed E-state index contributed by atoms with van der Waals surface area (Å²) < 4.78 is 16.8. The van der Waals surface area contributed by atoms with Crippen LogP contribution < -0.4 is 0 Å². The lowest BCUT2D eigenvalue weighted by atomic mass is 9.89. The van der Waals surface area contributed by atoms with Gasteiger partial charge in [-0.05, 0) is 69.1 Å². The smallest absolute Gasteiger partial charge is 0.305 e. The largest absolute Gasteiger partial charge is 0.466 e. The topological polar surface area (TPSA) is 78.9 Å². The van der Waals surface area contributed by atoms with Crippen LogP contribution in [0.2, 0.25) is 0 Å². The van der Waals surface area contributed by atoms with E-state index in [2.05, 4.69) is 34.6 Å². The van der Waals surface area contributed by atoms with Crippen molar-refractivity contribution in [1.82, 2.24) is 0 Å². The van der Waals surface area contributed by atoms with Gasteiger partial charge in [0.1, 0.15) is 0 Å². The van der Waals surface area contributed by atoms with Gasteiger partial charge in [0.2, 0.25) is 0 Å². The second kappa shape index (κ2) is 46.9. The Morgan fingerprint density at radius 2 is 0.550 bits per heavy atom. The van der Waals surface area contributed by atoms with E-state index in [1.54, 1.807) is 0 Å². The second-order valence-corrected chi connectivity index (χ2v) is 18.8. The summed E-state index contributed by atoms with van der Waals surface area (Å²) in [5, 5.41) is 0. The van der Waals surface area contributed by atoms with Crippen LogP contribution in [0.1, 0.15) is 291 Å². The molecule has 0 aliphatic rings. The summed E-state index contributed by atoms with van der Waals surface area (Å²) in [7, 11) is 0. The first-order valence-corrected chi connectivity index (χ1v) is 26.9. The van der Waals surface area contributed by atoms with Crippen LogP contribution in [0.15, 0.2) is 0 Å². The molecule has 0 aliphatic carbocycles. The van der Waals surface area contributed by atoms with Gasteiger partial charge in [-0.1, -0.05) is 221 Å². The van der Waals surface area contributed by atoms with Crippen molar-refractivity contribution in [3.63, 3.8) is 0 Å².